The monoisotopic (exact) mass is 267 g/mol. The van der Waals surface area contributed by atoms with Crippen LogP contribution < -0.4 is 9.80 Å². The van der Waals surface area contributed by atoms with E-state index in [-0.39, 0.29) is 5.82 Å². The highest BCUT2D eigenvalue weighted by atomic mass is 16.2. The molecule has 0 spiro atoms. The minimum atomic E-state index is -0.905. The van der Waals surface area contributed by atoms with Crippen LogP contribution in [0.25, 0.3) is 0 Å². The predicted molar refractivity (Wildman–Crippen MR) is 71.0 cm³/mol. The topological polar surface area (TPSA) is 70.6 Å². The molecule has 20 heavy (non-hydrogen) atoms. The molecule has 1 fully saturated rings. The summed E-state index contributed by atoms with van der Waals surface area (Å²) in [7, 11) is 0. The molecule has 0 unspecified atom stereocenters. The zero-order valence-electron chi connectivity index (χ0n) is 10.3. The summed E-state index contributed by atoms with van der Waals surface area (Å²) in [4.78, 5) is 41.8. The Morgan fingerprint density at radius 3 is 2.05 bits per heavy atom. The quantitative estimate of drug-likeness (QED) is 0.612. The molecule has 0 radical (unpaired) electrons. The van der Waals surface area contributed by atoms with Gasteiger partial charge < -0.3 is 0 Å². The van der Waals surface area contributed by atoms with Crippen molar-refractivity contribution in [3.63, 3.8) is 0 Å². The normalized spacial score (nSPS) is 15.1. The second kappa shape index (κ2) is 4.58. The number of pyridine rings is 1. The highest BCUT2D eigenvalue weighted by Crippen LogP contribution is 2.25. The smallest absolute Gasteiger partial charge is 0.262 e. The Morgan fingerprint density at radius 1 is 0.750 bits per heavy atom. The van der Waals surface area contributed by atoms with Crippen LogP contribution in [0.4, 0.5) is 16.3 Å². The lowest BCUT2D eigenvalue weighted by molar-refractivity contribution is -0.133. The van der Waals surface area contributed by atoms with Crippen LogP contribution in [0, 0.1) is 0 Å². The number of amides is 4. The Bertz CT molecular complexity index is 626. The highest BCUT2D eigenvalue weighted by Gasteiger charge is 2.46. The van der Waals surface area contributed by atoms with Gasteiger partial charge >= 0.3 is 17.8 Å². The molecule has 1 aliphatic heterocycles. The van der Waals surface area contributed by atoms with E-state index in [1.807, 2.05) is 0 Å². The summed E-state index contributed by atoms with van der Waals surface area (Å²) in [5, 5.41) is 0. The fourth-order valence-corrected chi connectivity index (χ4v) is 1.96. The van der Waals surface area contributed by atoms with Gasteiger partial charge in [-0.05, 0) is 24.3 Å². The predicted octanol–water partition coefficient (Wildman–Crippen LogP) is 1.58. The molecule has 0 saturated carbocycles. The second-order valence-electron chi connectivity index (χ2n) is 4.09. The molecule has 6 nitrogen and oxygen atoms in total. The molecule has 2 heterocycles. The van der Waals surface area contributed by atoms with Gasteiger partial charge in [0.2, 0.25) is 0 Å². The number of carbonyl (C=O) groups is 3. The molecule has 0 atom stereocenters. The molecular formula is C14H9N3O3. The number of imide groups is 2. The van der Waals surface area contributed by atoms with Crippen molar-refractivity contribution >= 4 is 29.4 Å². The van der Waals surface area contributed by atoms with Gasteiger partial charge in [-0.1, -0.05) is 24.3 Å². The lowest BCUT2D eigenvalue weighted by Crippen LogP contribution is -2.33. The van der Waals surface area contributed by atoms with Crippen LogP contribution in [-0.4, -0.2) is 22.8 Å². The fourth-order valence-electron chi connectivity index (χ4n) is 1.96. The van der Waals surface area contributed by atoms with Gasteiger partial charge in [0, 0.05) is 6.20 Å². The number of aromatic nitrogens is 1. The van der Waals surface area contributed by atoms with Crippen LogP contribution in [0.1, 0.15) is 0 Å². The second-order valence-corrected chi connectivity index (χ2v) is 4.09. The molecule has 6 heteroatoms. The number of urea groups is 1. The number of carbonyl (C=O) groups excluding carboxylic acids is 3. The summed E-state index contributed by atoms with van der Waals surface area (Å²) in [6.45, 7) is 0. The summed E-state index contributed by atoms with van der Waals surface area (Å²) < 4.78 is 0. The summed E-state index contributed by atoms with van der Waals surface area (Å²) in [6.07, 6.45) is 1.45. The van der Waals surface area contributed by atoms with Crippen LogP contribution >= 0.6 is 0 Å². The summed E-state index contributed by atoms with van der Waals surface area (Å²) in [6, 6.07) is 12.4. The summed E-state index contributed by atoms with van der Waals surface area (Å²) in [5.41, 5.74) is 0.356. The number of nitrogens with zero attached hydrogens (tertiary/aromatic N) is 3. The first-order valence-electron chi connectivity index (χ1n) is 5.89. The molecule has 0 N–H and O–H groups in total. The van der Waals surface area contributed by atoms with Crippen LogP contribution in [0.5, 0.6) is 0 Å². The van der Waals surface area contributed by atoms with Gasteiger partial charge in [0.25, 0.3) is 0 Å². The molecule has 1 aromatic heterocycles. The van der Waals surface area contributed by atoms with Crippen molar-refractivity contribution in [2.24, 2.45) is 0 Å². The van der Waals surface area contributed by atoms with E-state index in [2.05, 4.69) is 4.98 Å². The Balaban J connectivity index is 2.03. The van der Waals surface area contributed by atoms with E-state index in [0.717, 1.165) is 9.80 Å². The molecule has 0 bridgehead atoms. The van der Waals surface area contributed by atoms with Crippen LogP contribution in [0.3, 0.4) is 0 Å². The first kappa shape index (κ1) is 12.0. The first-order valence-corrected chi connectivity index (χ1v) is 5.89. The van der Waals surface area contributed by atoms with Gasteiger partial charge in [-0.3, -0.25) is 9.59 Å². The minimum Gasteiger partial charge on any atom is -0.262 e. The maximum Gasteiger partial charge on any atom is 0.344 e. The number of hydrogen-bond donors (Lipinski definition) is 0. The van der Waals surface area contributed by atoms with Crippen molar-refractivity contribution in [3.8, 4) is 0 Å². The molecule has 4 amide bonds. The summed E-state index contributed by atoms with van der Waals surface area (Å²) >= 11 is 0. The third-order valence-corrected chi connectivity index (χ3v) is 2.86. The molecule has 0 aliphatic carbocycles. The standard InChI is InChI=1S/C14H9N3O3/c18-12-13(19)17(11-8-4-5-9-15-11)14(20)16(12)10-6-2-1-3-7-10/h1-9H. The number of benzene rings is 1. The molecule has 3 rings (SSSR count). The molecular weight excluding hydrogens is 258 g/mol. The Hall–Kier alpha value is -3.02. The van der Waals surface area contributed by atoms with Gasteiger partial charge in [-0.2, -0.15) is 0 Å². The fraction of sp³-hybridized carbons (Fsp3) is 0. The Morgan fingerprint density at radius 2 is 1.40 bits per heavy atom. The van der Waals surface area contributed by atoms with Crippen molar-refractivity contribution in [1.29, 1.82) is 0 Å². The summed E-state index contributed by atoms with van der Waals surface area (Å²) in [5.74, 6) is -1.65. The molecule has 98 valence electrons. The van der Waals surface area contributed by atoms with E-state index >= 15 is 0 Å². The molecule has 1 aromatic carbocycles. The zero-order chi connectivity index (χ0) is 14.1. The third kappa shape index (κ3) is 1.74. The average Bonchev–Trinajstić information content (AvgIpc) is 2.71. The van der Waals surface area contributed by atoms with Gasteiger partial charge in [-0.25, -0.2) is 19.6 Å². The van der Waals surface area contributed by atoms with Crippen molar-refractivity contribution in [2.75, 3.05) is 9.80 Å². The third-order valence-electron chi connectivity index (χ3n) is 2.86. The van der Waals surface area contributed by atoms with Gasteiger partial charge in [0.1, 0.15) is 5.82 Å². The molecule has 2 aromatic rings. The Kier molecular flexibility index (Phi) is 2.76. The van der Waals surface area contributed by atoms with Gasteiger partial charge in [-0.15, -0.1) is 0 Å². The minimum absolute atomic E-state index is 0.134. The first-order chi connectivity index (χ1) is 9.70. The number of para-hydroxylation sites is 1. The lowest BCUT2D eigenvalue weighted by Gasteiger charge is -2.14. The molecule has 1 saturated heterocycles. The average molecular weight is 267 g/mol. The van der Waals surface area contributed by atoms with Crippen molar-refractivity contribution in [1.82, 2.24) is 4.98 Å². The number of anilines is 2. The van der Waals surface area contributed by atoms with E-state index in [9.17, 15) is 14.4 Å². The van der Waals surface area contributed by atoms with E-state index in [1.165, 1.54) is 12.3 Å². The van der Waals surface area contributed by atoms with Crippen LogP contribution in [-0.2, 0) is 9.59 Å². The van der Waals surface area contributed by atoms with Crippen molar-refractivity contribution in [3.05, 3.63) is 54.7 Å². The maximum atomic E-state index is 12.3. The van der Waals surface area contributed by atoms with Crippen molar-refractivity contribution < 1.29 is 14.4 Å². The van der Waals surface area contributed by atoms with E-state index < -0.39 is 17.8 Å². The highest BCUT2D eigenvalue weighted by molar-refractivity contribution is 6.60. The largest absolute Gasteiger partial charge is 0.344 e. The van der Waals surface area contributed by atoms with Crippen LogP contribution in [0.2, 0.25) is 0 Å². The van der Waals surface area contributed by atoms with Crippen LogP contribution in [0.15, 0.2) is 54.7 Å². The number of rotatable bonds is 2. The van der Waals surface area contributed by atoms with Gasteiger partial charge in [0.05, 0.1) is 5.69 Å². The van der Waals surface area contributed by atoms with E-state index in [0.29, 0.717) is 5.69 Å². The van der Waals surface area contributed by atoms with E-state index in [4.69, 9.17) is 0 Å². The lowest BCUT2D eigenvalue weighted by atomic mass is 10.3. The maximum absolute atomic E-state index is 12.3. The molecule has 1 aliphatic rings. The Labute approximate surface area is 114 Å². The zero-order valence-corrected chi connectivity index (χ0v) is 10.3. The van der Waals surface area contributed by atoms with Gasteiger partial charge in [0.15, 0.2) is 0 Å². The van der Waals surface area contributed by atoms with E-state index in [1.54, 1.807) is 42.5 Å². The van der Waals surface area contributed by atoms with Crippen molar-refractivity contribution in [2.45, 2.75) is 0 Å². The number of hydrogen-bond acceptors (Lipinski definition) is 4. The SMILES string of the molecule is O=C1C(=O)N(c2ccccn2)C(=O)N1c1ccccc1.